The summed E-state index contributed by atoms with van der Waals surface area (Å²) in [6.45, 7) is 5.67. The van der Waals surface area contributed by atoms with Gasteiger partial charge in [-0.1, -0.05) is 74.5 Å². The number of rotatable bonds is 38. The maximum Gasteiger partial charge on any atom is 0.326 e. The number of hydrogen-bond donors (Lipinski definition) is 18. The number of aromatic hydroxyl groups is 1. The summed E-state index contributed by atoms with van der Waals surface area (Å²) in [6, 6.07) is 4.62. The molecule has 0 spiro atoms. The number of amides is 10. The predicted octanol–water partition coefficient (Wildman–Crippen LogP) is -1.88. The Kier molecular flexibility index (Phi) is 30.0. The molecule has 96 heavy (non-hydrogen) atoms. The minimum atomic E-state index is -1.87. The van der Waals surface area contributed by atoms with E-state index in [1.54, 1.807) is 74.6 Å². The summed E-state index contributed by atoms with van der Waals surface area (Å²) >= 11 is 4.23. The molecule has 1 aliphatic rings. The quantitative estimate of drug-likeness (QED) is 0.0173. The summed E-state index contributed by atoms with van der Waals surface area (Å²) in [5, 5.41) is 72.6. The monoisotopic (exact) mass is 1360 g/mol. The van der Waals surface area contributed by atoms with E-state index >= 15 is 4.79 Å². The highest BCUT2D eigenvalue weighted by molar-refractivity contribution is 7.80. The van der Waals surface area contributed by atoms with Gasteiger partial charge in [0.25, 0.3) is 0 Å². The van der Waals surface area contributed by atoms with E-state index < -0.39 is 168 Å². The second-order valence-electron chi connectivity index (χ2n) is 23.8. The van der Waals surface area contributed by atoms with Gasteiger partial charge in [0.15, 0.2) is 0 Å². The fourth-order valence-electron chi connectivity index (χ4n) is 10.5. The fraction of sp³-hybridized carbons (Fsp3) is 0.484. The van der Waals surface area contributed by atoms with Crippen LogP contribution < -0.4 is 59.3 Å². The van der Waals surface area contributed by atoms with E-state index in [2.05, 4.69) is 65.5 Å². The first-order valence-corrected chi connectivity index (χ1v) is 32.0. The maximum atomic E-state index is 15.0. The minimum Gasteiger partial charge on any atom is -0.508 e. The molecule has 1 unspecified atom stereocenters. The van der Waals surface area contributed by atoms with Crippen LogP contribution in [-0.2, 0) is 81.6 Å². The number of aromatic nitrogens is 1. The number of likely N-dealkylation sites (tertiary alicyclic amines) is 1. The first kappa shape index (κ1) is 77.0. The normalized spacial score (nSPS) is 16.3. The smallest absolute Gasteiger partial charge is 0.326 e. The standard InChI is InChI=1S/C64H87N13O18S/c1-33(2)52(64(94)95)75-61(91)48(32-96)74-59(89)45(28-37-19-21-39(79)22-20-37)71-56(86)43(17-10-11-25-65)69-60(90)46(29-38-31-67-42-16-9-8-15-40(38)42)72-58(88)44(27-36-13-6-5-7-14-36)70-54(84)34(3)68-57(87)47(30-51(82)83)73-62(92)49-18-12-26-77(49)63(93)53(35(4)78)76-55(85)41(66)23-24-50(80)81/h5-9,13-16,19-22,31,33-35,41,43-49,52-53,67,78-79,96H,10-12,17-18,23-30,32,65-66H2,1-4H3,(H,68,87)(H,69,90)(H,70,84)(H,71,86)(H,72,88)(H,73,92)(H,74,89)(H,75,91)(H,76,85)(H,80,81)(H,82,83)(H,94,95)/t34?,35-,41+,43+,44+,45+,46+,47+,48+,49-,52+,53+/m1/s1. The zero-order valence-corrected chi connectivity index (χ0v) is 54.5. The van der Waals surface area contributed by atoms with Gasteiger partial charge in [0.1, 0.15) is 66.2 Å². The Morgan fingerprint density at radius 3 is 1.69 bits per heavy atom. The average Bonchev–Trinajstić information content (AvgIpc) is 1.62. The number of benzene rings is 3. The van der Waals surface area contributed by atoms with Crippen LogP contribution in [0.2, 0.25) is 0 Å². The minimum absolute atomic E-state index is 0.000651. The van der Waals surface area contributed by atoms with Crippen LogP contribution in [0.1, 0.15) is 95.8 Å². The second-order valence-corrected chi connectivity index (χ2v) is 24.2. The molecule has 19 N–H and O–H groups in total. The van der Waals surface area contributed by atoms with Gasteiger partial charge in [-0.2, -0.15) is 12.6 Å². The molecule has 0 saturated carbocycles. The van der Waals surface area contributed by atoms with Gasteiger partial charge in [-0.25, -0.2) is 4.79 Å². The summed E-state index contributed by atoms with van der Waals surface area (Å²) in [5.74, 6) is -14.6. The van der Waals surface area contributed by atoms with Crippen molar-refractivity contribution in [2.24, 2.45) is 17.4 Å². The lowest BCUT2D eigenvalue weighted by molar-refractivity contribution is -0.145. The van der Waals surface area contributed by atoms with Crippen molar-refractivity contribution < 1.29 is 87.9 Å². The molecule has 1 aromatic heterocycles. The Bertz CT molecular complexity index is 3390. The van der Waals surface area contributed by atoms with Crippen molar-refractivity contribution in [1.82, 2.24) is 57.7 Å². The predicted molar refractivity (Wildman–Crippen MR) is 350 cm³/mol. The summed E-state index contributed by atoms with van der Waals surface area (Å²) < 4.78 is 0. The summed E-state index contributed by atoms with van der Waals surface area (Å²) in [4.78, 5) is 180. The lowest BCUT2D eigenvalue weighted by Crippen LogP contribution is -2.61. The molecule has 1 fully saturated rings. The van der Waals surface area contributed by atoms with Crippen LogP contribution >= 0.6 is 12.6 Å². The number of carbonyl (C=O) groups excluding carboxylic acids is 10. The number of aromatic amines is 1. The summed E-state index contributed by atoms with van der Waals surface area (Å²) in [7, 11) is 0. The second kappa shape index (κ2) is 37.4. The molecule has 0 radical (unpaired) electrons. The van der Waals surface area contributed by atoms with Crippen molar-refractivity contribution in [2.75, 3.05) is 18.8 Å². The molecule has 0 aliphatic carbocycles. The van der Waals surface area contributed by atoms with Crippen molar-refractivity contribution in [3.63, 3.8) is 0 Å². The Balaban J connectivity index is 1.40. The number of carbonyl (C=O) groups is 13. The maximum absolute atomic E-state index is 15.0. The molecule has 4 aromatic rings. The van der Waals surface area contributed by atoms with Crippen molar-refractivity contribution in [3.8, 4) is 5.75 Å². The molecule has 12 atom stereocenters. The molecule has 5 rings (SSSR count). The number of nitrogens with zero attached hydrogens (tertiary/aromatic N) is 1. The summed E-state index contributed by atoms with van der Waals surface area (Å²) in [6.07, 6.45) is -1.56. The number of para-hydroxylation sites is 1. The van der Waals surface area contributed by atoms with Gasteiger partial charge in [0, 0.05) is 55.1 Å². The lowest BCUT2D eigenvalue weighted by atomic mass is 10.0. The van der Waals surface area contributed by atoms with Crippen LogP contribution in [0.5, 0.6) is 5.75 Å². The van der Waals surface area contributed by atoms with Crippen molar-refractivity contribution >= 4 is 101 Å². The number of H-pyrrole nitrogens is 1. The summed E-state index contributed by atoms with van der Waals surface area (Å²) in [5.41, 5.74) is 13.8. The molecule has 32 heteroatoms. The number of aliphatic hydroxyl groups is 1. The van der Waals surface area contributed by atoms with Gasteiger partial charge < -0.3 is 94.7 Å². The van der Waals surface area contributed by atoms with E-state index in [9.17, 15) is 78.0 Å². The third kappa shape index (κ3) is 23.4. The SMILES string of the molecule is CC(NC(=O)[C@H](CC(=O)O)NC(=O)[C@H]1CCCN1C(=O)[C@@H](NC(=O)[C@@H](N)CCC(=O)O)[C@@H](C)O)C(=O)N[C@@H](Cc1ccccc1)C(=O)N[C@@H](Cc1c[nH]c2ccccc12)C(=O)N[C@@H](CCCCN)C(=O)N[C@@H](Cc1ccc(O)cc1)C(=O)N[C@@H](CS)C(=O)N[C@H](C(=O)O)C(C)C. The molecule has 2 heterocycles. The zero-order valence-electron chi connectivity index (χ0n) is 53.6. The number of unbranched alkanes of at least 4 members (excludes halogenated alkanes) is 1. The molecule has 0 bridgehead atoms. The van der Waals surface area contributed by atoms with Gasteiger partial charge in [0.2, 0.25) is 59.1 Å². The number of phenols is 1. The van der Waals surface area contributed by atoms with Crippen LogP contribution in [0.25, 0.3) is 10.9 Å². The van der Waals surface area contributed by atoms with Crippen LogP contribution in [0, 0.1) is 5.92 Å². The van der Waals surface area contributed by atoms with E-state index in [0.29, 0.717) is 34.0 Å². The number of carboxylic acid groups (broad SMARTS) is 3. The number of aliphatic hydroxyl groups excluding tert-OH is 1. The zero-order chi connectivity index (χ0) is 70.9. The third-order valence-corrected chi connectivity index (χ3v) is 16.3. The number of fused-ring (bicyclic) bond motifs is 1. The van der Waals surface area contributed by atoms with Crippen LogP contribution in [-0.4, -0.2) is 204 Å². The van der Waals surface area contributed by atoms with Crippen LogP contribution in [0.15, 0.2) is 85.1 Å². The highest BCUT2D eigenvalue weighted by Crippen LogP contribution is 2.22. The Morgan fingerprint density at radius 2 is 1.11 bits per heavy atom. The van der Waals surface area contributed by atoms with E-state index in [4.69, 9.17) is 16.6 Å². The van der Waals surface area contributed by atoms with Crippen LogP contribution in [0.4, 0.5) is 0 Å². The Hall–Kier alpha value is -9.66. The van der Waals surface area contributed by atoms with Gasteiger partial charge >= 0.3 is 17.9 Å². The highest BCUT2D eigenvalue weighted by Gasteiger charge is 2.42. The number of hydrogen-bond acceptors (Lipinski definition) is 18. The third-order valence-electron chi connectivity index (χ3n) is 15.9. The highest BCUT2D eigenvalue weighted by atomic mass is 32.1. The molecule has 522 valence electrons. The largest absolute Gasteiger partial charge is 0.508 e. The van der Waals surface area contributed by atoms with E-state index in [0.717, 1.165) is 4.90 Å². The first-order valence-electron chi connectivity index (χ1n) is 31.3. The van der Waals surface area contributed by atoms with E-state index in [-0.39, 0.29) is 76.0 Å². The molecule has 1 saturated heterocycles. The van der Waals surface area contributed by atoms with Gasteiger partial charge in [-0.05, 0) is 99.7 Å². The molecule has 3 aromatic carbocycles. The molecular weight excluding hydrogens is 1270 g/mol. The Morgan fingerprint density at radius 1 is 0.583 bits per heavy atom. The molecule has 1 aliphatic heterocycles. The van der Waals surface area contributed by atoms with Crippen LogP contribution in [0.3, 0.4) is 0 Å². The van der Waals surface area contributed by atoms with E-state index in [1.165, 1.54) is 38.1 Å². The first-order chi connectivity index (χ1) is 45.5. The number of nitrogens with one attached hydrogen (secondary N) is 10. The van der Waals surface area contributed by atoms with Gasteiger partial charge in [-0.3, -0.25) is 57.5 Å². The Labute approximate surface area is 558 Å². The number of aliphatic carboxylic acids is 3. The number of carboxylic acids is 3. The van der Waals surface area contributed by atoms with Gasteiger partial charge in [-0.15, -0.1) is 0 Å². The molecular formula is C64H87N13O18S. The average molecular weight is 1360 g/mol. The molecule has 31 nitrogen and oxygen atoms in total. The van der Waals surface area contributed by atoms with Crippen molar-refractivity contribution in [2.45, 2.75) is 171 Å². The lowest BCUT2D eigenvalue weighted by Gasteiger charge is -2.31. The van der Waals surface area contributed by atoms with E-state index in [1.807, 2.05) is 0 Å². The van der Waals surface area contributed by atoms with Crippen molar-refractivity contribution in [3.05, 3.63) is 102 Å². The van der Waals surface area contributed by atoms with Crippen molar-refractivity contribution in [1.29, 1.82) is 0 Å². The molecule has 10 amide bonds. The number of nitrogens with two attached hydrogens (primary N) is 2. The number of thiol groups is 1. The van der Waals surface area contributed by atoms with Gasteiger partial charge in [0.05, 0.1) is 18.6 Å². The fourth-order valence-corrected chi connectivity index (χ4v) is 10.8. The topological polar surface area (TPSA) is 502 Å². The number of phenolic OH excluding ortho intramolecular Hbond substituents is 1.